The molecule has 0 bridgehead atoms. The van der Waals surface area contributed by atoms with Crippen LogP contribution in [0, 0.1) is 6.92 Å². The van der Waals surface area contributed by atoms with Crippen molar-refractivity contribution in [2.45, 2.75) is 32.4 Å². The summed E-state index contributed by atoms with van der Waals surface area (Å²) in [5.74, 6) is -0.407. The highest BCUT2D eigenvalue weighted by molar-refractivity contribution is 9.10. The monoisotopic (exact) mass is 623 g/mol. The van der Waals surface area contributed by atoms with Crippen molar-refractivity contribution in [2.75, 3.05) is 13.1 Å². The van der Waals surface area contributed by atoms with E-state index < -0.39 is 11.8 Å². The van der Waals surface area contributed by atoms with Crippen LogP contribution in [0.25, 0.3) is 0 Å². The van der Waals surface area contributed by atoms with Gasteiger partial charge in [0.25, 0.3) is 5.91 Å². The van der Waals surface area contributed by atoms with Gasteiger partial charge in [0.1, 0.15) is 11.5 Å². The number of halogens is 3. The van der Waals surface area contributed by atoms with E-state index in [1.54, 1.807) is 30.3 Å². The summed E-state index contributed by atoms with van der Waals surface area (Å²) in [5, 5.41) is 6.48. The summed E-state index contributed by atoms with van der Waals surface area (Å²) in [5.41, 5.74) is 0.681. The molecule has 0 spiro atoms. The molecule has 0 saturated carbocycles. The van der Waals surface area contributed by atoms with Crippen molar-refractivity contribution in [3.63, 3.8) is 0 Å². The minimum Gasteiger partial charge on any atom is -0.457 e. The largest absolute Gasteiger partial charge is 0.457 e. The number of aryl methyl sites for hydroxylation is 1. The van der Waals surface area contributed by atoms with E-state index >= 15 is 0 Å². The Balaban J connectivity index is 1.30. The molecule has 1 aliphatic rings. The molecule has 2 aromatic carbocycles. The van der Waals surface area contributed by atoms with E-state index in [2.05, 4.69) is 26.6 Å². The van der Waals surface area contributed by atoms with Crippen LogP contribution in [0.4, 0.5) is 0 Å². The van der Waals surface area contributed by atoms with Crippen LogP contribution in [0.1, 0.15) is 33.0 Å². The molecule has 11 heteroatoms. The van der Waals surface area contributed by atoms with E-state index in [4.69, 9.17) is 27.9 Å². The number of likely N-dealkylation sites (tertiary alicyclic amines) is 1. The number of rotatable bonds is 6. The van der Waals surface area contributed by atoms with E-state index in [-0.39, 0.29) is 18.5 Å². The molecule has 4 rings (SSSR count). The third-order valence-corrected chi connectivity index (χ3v) is 8.09. The molecule has 1 aromatic heterocycles. The number of nitrogens with zero attached hydrogens (tertiary/aromatic N) is 1. The Morgan fingerprint density at radius 2 is 1.81 bits per heavy atom. The first-order valence-corrected chi connectivity index (χ1v) is 13.9. The summed E-state index contributed by atoms with van der Waals surface area (Å²) in [7, 11) is 0. The Morgan fingerprint density at radius 3 is 2.49 bits per heavy atom. The number of carbonyl (C=O) groups excluding carboxylic acids is 3. The van der Waals surface area contributed by atoms with Gasteiger partial charge in [-0.15, -0.1) is 11.3 Å². The second-order valence-electron chi connectivity index (χ2n) is 8.56. The minimum atomic E-state index is -0.694. The molecule has 3 amide bonds. The van der Waals surface area contributed by atoms with E-state index in [9.17, 15) is 14.4 Å². The Hall–Kier alpha value is -2.59. The van der Waals surface area contributed by atoms with Gasteiger partial charge in [-0.3, -0.25) is 14.4 Å². The Morgan fingerprint density at radius 1 is 1.05 bits per heavy atom. The van der Waals surface area contributed by atoms with Crippen LogP contribution in [0.2, 0.25) is 10.0 Å². The zero-order valence-corrected chi connectivity index (χ0v) is 23.8. The maximum atomic E-state index is 12.7. The molecule has 0 radical (unpaired) electrons. The average molecular weight is 625 g/mol. The molecule has 2 heterocycles. The summed E-state index contributed by atoms with van der Waals surface area (Å²) < 4.78 is 6.75. The van der Waals surface area contributed by atoms with Gasteiger partial charge < -0.3 is 20.3 Å². The number of amides is 3. The van der Waals surface area contributed by atoms with E-state index in [1.165, 1.54) is 16.2 Å². The van der Waals surface area contributed by atoms with Crippen molar-refractivity contribution >= 4 is 68.2 Å². The van der Waals surface area contributed by atoms with Gasteiger partial charge in [-0.1, -0.05) is 45.2 Å². The first-order valence-electron chi connectivity index (χ1n) is 11.6. The van der Waals surface area contributed by atoms with E-state index in [0.717, 1.165) is 9.35 Å². The molecular weight excluding hydrogens is 601 g/mol. The van der Waals surface area contributed by atoms with Crippen LogP contribution in [0.3, 0.4) is 0 Å². The third kappa shape index (κ3) is 7.25. The first-order chi connectivity index (χ1) is 17.7. The van der Waals surface area contributed by atoms with Crippen LogP contribution >= 0.6 is 50.5 Å². The molecule has 37 heavy (non-hydrogen) atoms. The van der Waals surface area contributed by atoms with Gasteiger partial charge in [0.15, 0.2) is 0 Å². The number of benzene rings is 2. The Labute approximate surface area is 237 Å². The predicted molar refractivity (Wildman–Crippen MR) is 149 cm³/mol. The average Bonchev–Trinajstić information content (AvgIpc) is 3.32. The second-order valence-corrected chi connectivity index (χ2v) is 11.6. The van der Waals surface area contributed by atoms with Crippen molar-refractivity contribution in [2.24, 2.45) is 0 Å². The zero-order chi connectivity index (χ0) is 26.5. The standard InChI is InChI=1S/C26H24BrCl2N3O4S/c1-15-2-7-23(37-15)24(33)31-18-8-10-32(11-9-18)26(35)25(34)30-14-16-3-4-17(27)12-22(16)36-19-5-6-20(28)21(29)13-19/h2-7,12-13,18H,8-11,14H2,1H3,(H,30,34)(H,31,33). The molecular formula is C26H24BrCl2N3O4S. The highest BCUT2D eigenvalue weighted by Crippen LogP contribution is 2.32. The number of thiophene rings is 1. The lowest BCUT2D eigenvalue weighted by molar-refractivity contribution is -0.146. The number of piperidine rings is 1. The lowest BCUT2D eigenvalue weighted by Gasteiger charge is -2.31. The highest BCUT2D eigenvalue weighted by Gasteiger charge is 2.28. The Bertz CT molecular complexity index is 1320. The minimum absolute atomic E-state index is 0.0362. The molecule has 0 unspecified atom stereocenters. The number of hydrogen-bond acceptors (Lipinski definition) is 5. The topological polar surface area (TPSA) is 87.7 Å². The van der Waals surface area contributed by atoms with Crippen LogP contribution in [-0.4, -0.2) is 41.8 Å². The van der Waals surface area contributed by atoms with Gasteiger partial charge >= 0.3 is 11.8 Å². The van der Waals surface area contributed by atoms with Crippen molar-refractivity contribution in [1.82, 2.24) is 15.5 Å². The zero-order valence-electron chi connectivity index (χ0n) is 19.9. The summed E-state index contributed by atoms with van der Waals surface area (Å²) >= 11 is 16.9. The SMILES string of the molecule is Cc1ccc(C(=O)NC2CCN(C(=O)C(=O)NCc3ccc(Br)cc3Oc3ccc(Cl)c(Cl)c3)CC2)s1. The van der Waals surface area contributed by atoms with Crippen molar-refractivity contribution < 1.29 is 19.1 Å². The lowest BCUT2D eigenvalue weighted by Crippen LogP contribution is -2.50. The maximum Gasteiger partial charge on any atom is 0.311 e. The fourth-order valence-corrected chi connectivity index (χ4v) is 5.27. The van der Waals surface area contributed by atoms with Gasteiger partial charge in [-0.25, -0.2) is 0 Å². The number of ether oxygens (including phenoxy) is 1. The van der Waals surface area contributed by atoms with Crippen molar-refractivity contribution in [1.29, 1.82) is 0 Å². The Kier molecular flexibility index (Phi) is 9.13. The normalized spacial score (nSPS) is 13.8. The molecule has 2 N–H and O–H groups in total. The van der Waals surface area contributed by atoms with Gasteiger partial charge in [-0.2, -0.15) is 0 Å². The van der Waals surface area contributed by atoms with E-state index in [1.807, 2.05) is 25.1 Å². The number of nitrogens with one attached hydrogen (secondary N) is 2. The second kappa shape index (κ2) is 12.3. The lowest BCUT2D eigenvalue weighted by atomic mass is 10.0. The highest BCUT2D eigenvalue weighted by atomic mass is 79.9. The molecule has 194 valence electrons. The molecule has 1 aliphatic heterocycles. The predicted octanol–water partition coefficient (Wildman–Crippen LogP) is 5.96. The van der Waals surface area contributed by atoms with Crippen LogP contribution in [0.15, 0.2) is 53.0 Å². The summed E-state index contributed by atoms with van der Waals surface area (Å²) in [6, 6.07) is 14.0. The van der Waals surface area contributed by atoms with Gasteiger partial charge in [0.2, 0.25) is 0 Å². The van der Waals surface area contributed by atoms with Crippen LogP contribution < -0.4 is 15.4 Å². The molecule has 0 atom stereocenters. The molecule has 7 nitrogen and oxygen atoms in total. The molecule has 1 fully saturated rings. The van der Waals surface area contributed by atoms with Gasteiger partial charge in [0, 0.05) is 46.7 Å². The fraction of sp³-hybridized carbons (Fsp3) is 0.269. The third-order valence-electron chi connectivity index (χ3n) is 5.86. The summed E-state index contributed by atoms with van der Waals surface area (Å²) in [6.07, 6.45) is 1.17. The van der Waals surface area contributed by atoms with Crippen molar-refractivity contribution in [3.8, 4) is 11.5 Å². The van der Waals surface area contributed by atoms with Crippen LogP contribution in [-0.2, 0) is 16.1 Å². The van der Waals surface area contributed by atoms with Crippen LogP contribution in [0.5, 0.6) is 11.5 Å². The summed E-state index contributed by atoms with van der Waals surface area (Å²) in [6.45, 7) is 2.84. The first kappa shape index (κ1) is 27.4. The van der Waals surface area contributed by atoms with Gasteiger partial charge in [-0.05, 0) is 56.2 Å². The number of hydrogen-bond donors (Lipinski definition) is 2. The van der Waals surface area contributed by atoms with E-state index in [0.29, 0.717) is 57.9 Å². The maximum absolute atomic E-state index is 12.7. The molecule has 1 saturated heterocycles. The van der Waals surface area contributed by atoms with Crippen molar-refractivity contribution in [3.05, 3.63) is 78.4 Å². The smallest absolute Gasteiger partial charge is 0.311 e. The molecule has 0 aliphatic carbocycles. The number of carbonyl (C=O) groups is 3. The molecule has 3 aromatic rings. The van der Waals surface area contributed by atoms with Gasteiger partial charge in [0.05, 0.1) is 14.9 Å². The fourth-order valence-electron chi connectivity index (χ4n) is 3.87. The quantitative estimate of drug-likeness (QED) is 0.332. The summed E-state index contributed by atoms with van der Waals surface area (Å²) in [4.78, 5) is 41.0.